The molecule has 0 N–H and O–H groups in total. The first-order chi connectivity index (χ1) is 26.8. The van der Waals surface area contributed by atoms with Crippen LogP contribution < -0.4 is 14.2 Å². The van der Waals surface area contributed by atoms with Crippen LogP contribution in [0.5, 0.6) is 34.5 Å². The first-order valence-electron chi connectivity index (χ1n) is 16.4. The SMILES string of the molecule is O=[N+]([O-])c1ccc(Oc2cccc(-c3nnc(-c4ccc(Oc5ccc(-c6nnc(-c7cccc(Oc8ccc([N+](=O)[O-])cc8)c7)o6)cc5)cc4)o3)c2)cc1. The summed E-state index contributed by atoms with van der Waals surface area (Å²) >= 11 is 0. The Balaban J connectivity index is 0.884. The van der Waals surface area contributed by atoms with Gasteiger partial charge in [-0.3, -0.25) is 20.2 Å². The summed E-state index contributed by atoms with van der Waals surface area (Å²) in [6.45, 7) is 0. The number of ether oxygens (including phenoxy) is 3. The van der Waals surface area contributed by atoms with E-state index in [4.69, 9.17) is 23.0 Å². The van der Waals surface area contributed by atoms with Crippen LogP contribution >= 0.6 is 0 Å². The molecule has 0 unspecified atom stereocenters. The highest BCUT2D eigenvalue weighted by atomic mass is 16.6. The van der Waals surface area contributed by atoms with Crippen molar-refractivity contribution < 1.29 is 32.9 Å². The number of hydrogen-bond acceptors (Lipinski definition) is 13. The maximum absolute atomic E-state index is 10.9. The summed E-state index contributed by atoms with van der Waals surface area (Å²) in [6.07, 6.45) is 0. The lowest BCUT2D eigenvalue weighted by atomic mass is 10.2. The van der Waals surface area contributed by atoms with Crippen molar-refractivity contribution >= 4 is 11.4 Å². The Labute approximate surface area is 310 Å². The van der Waals surface area contributed by atoms with Gasteiger partial charge in [0.15, 0.2) is 0 Å². The van der Waals surface area contributed by atoms with E-state index in [0.29, 0.717) is 80.3 Å². The van der Waals surface area contributed by atoms with Gasteiger partial charge < -0.3 is 23.0 Å². The van der Waals surface area contributed by atoms with E-state index in [-0.39, 0.29) is 11.4 Å². The number of rotatable bonds is 12. The highest BCUT2D eigenvalue weighted by Gasteiger charge is 2.15. The van der Waals surface area contributed by atoms with E-state index in [1.807, 2.05) is 12.1 Å². The van der Waals surface area contributed by atoms with Gasteiger partial charge in [0.2, 0.25) is 23.6 Å². The highest BCUT2D eigenvalue weighted by molar-refractivity contribution is 5.62. The Bertz CT molecular complexity index is 2440. The largest absolute Gasteiger partial charge is 0.457 e. The molecule has 0 fully saturated rings. The molecule has 0 aliphatic carbocycles. The van der Waals surface area contributed by atoms with E-state index in [1.165, 1.54) is 48.5 Å². The van der Waals surface area contributed by atoms with Crippen LogP contribution in [0.2, 0.25) is 0 Å². The van der Waals surface area contributed by atoms with Crippen LogP contribution in [0.15, 0.2) is 154 Å². The van der Waals surface area contributed by atoms with Gasteiger partial charge in [-0.1, -0.05) is 12.1 Å². The number of nitro groups is 2. The topological polar surface area (TPSA) is 192 Å². The standard InChI is InChI=1S/C40H24N6O9/c47-45(48)29-11-19-33(20-12-29)52-35-5-1-3-27(23-35)39-43-41-37(54-39)25-7-15-31(16-8-25)51-32-17-9-26(10-18-32)38-42-44-40(55-38)28-4-2-6-36(24-28)53-34-21-13-30(14-22-34)46(49)50/h1-24H. The summed E-state index contributed by atoms with van der Waals surface area (Å²) in [5.41, 5.74) is 2.61. The van der Waals surface area contributed by atoms with Gasteiger partial charge in [-0.2, -0.15) is 0 Å². The smallest absolute Gasteiger partial charge is 0.269 e. The maximum atomic E-state index is 10.9. The summed E-state index contributed by atoms with van der Waals surface area (Å²) in [5.74, 6) is 4.28. The molecule has 15 heteroatoms. The minimum Gasteiger partial charge on any atom is -0.457 e. The third-order valence-electron chi connectivity index (χ3n) is 8.02. The fraction of sp³-hybridized carbons (Fsp3) is 0. The summed E-state index contributed by atoms with van der Waals surface area (Å²) in [4.78, 5) is 20.9. The van der Waals surface area contributed by atoms with Crippen LogP contribution in [0, 0.1) is 20.2 Å². The average molecular weight is 733 g/mol. The molecule has 8 rings (SSSR count). The number of benzene rings is 6. The number of nitro benzene ring substituents is 2. The lowest BCUT2D eigenvalue weighted by molar-refractivity contribution is -0.385. The number of nitrogens with zero attached hydrogens (tertiary/aromatic N) is 6. The van der Waals surface area contributed by atoms with Gasteiger partial charge in [0.05, 0.1) is 9.85 Å². The Morgan fingerprint density at radius 2 is 0.691 bits per heavy atom. The zero-order valence-electron chi connectivity index (χ0n) is 28.2. The minimum absolute atomic E-state index is 0.0252. The third kappa shape index (κ3) is 7.85. The van der Waals surface area contributed by atoms with Crippen LogP contribution in [-0.4, -0.2) is 30.2 Å². The van der Waals surface area contributed by atoms with E-state index in [1.54, 1.807) is 84.9 Å². The summed E-state index contributed by atoms with van der Waals surface area (Å²) in [6, 6.07) is 40.1. The molecule has 0 bridgehead atoms. The van der Waals surface area contributed by atoms with Crippen LogP contribution in [0.3, 0.4) is 0 Å². The van der Waals surface area contributed by atoms with E-state index < -0.39 is 9.85 Å². The van der Waals surface area contributed by atoms with E-state index in [9.17, 15) is 20.2 Å². The molecule has 0 amide bonds. The molecule has 0 aliphatic heterocycles. The Morgan fingerprint density at radius 1 is 0.382 bits per heavy atom. The molecule has 0 atom stereocenters. The van der Waals surface area contributed by atoms with Crippen molar-refractivity contribution in [2.75, 3.05) is 0 Å². The van der Waals surface area contributed by atoms with Gasteiger partial charge >= 0.3 is 0 Å². The van der Waals surface area contributed by atoms with Crippen molar-refractivity contribution in [1.29, 1.82) is 0 Å². The van der Waals surface area contributed by atoms with Crippen molar-refractivity contribution in [1.82, 2.24) is 20.4 Å². The Hall–Kier alpha value is -8.20. The van der Waals surface area contributed by atoms with Crippen LogP contribution in [0.1, 0.15) is 0 Å². The van der Waals surface area contributed by atoms with Crippen LogP contribution in [-0.2, 0) is 0 Å². The van der Waals surface area contributed by atoms with Crippen molar-refractivity contribution in [2.24, 2.45) is 0 Å². The van der Waals surface area contributed by atoms with E-state index >= 15 is 0 Å². The Morgan fingerprint density at radius 3 is 1.04 bits per heavy atom. The van der Waals surface area contributed by atoms with Crippen molar-refractivity contribution in [2.45, 2.75) is 0 Å². The summed E-state index contributed by atoms with van der Waals surface area (Å²) in [5, 5.41) is 38.6. The van der Waals surface area contributed by atoms with Crippen LogP contribution in [0.4, 0.5) is 11.4 Å². The molecular weight excluding hydrogens is 708 g/mol. The Kier molecular flexibility index (Phi) is 9.13. The lowest BCUT2D eigenvalue weighted by Gasteiger charge is -2.07. The summed E-state index contributed by atoms with van der Waals surface area (Å²) < 4.78 is 29.6. The van der Waals surface area contributed by atoms with Gasteiger partial charge in [-0.15, -0.1) is 20.4 Å². The van der Waals surface area contributed by atoms with Gasteiger partial charge in [-0.25, -0.2) is 0 Å². The second-order valence-electron chi connectivity index (χ2n) is 11.7. The molecule has 8 aromatic rings. The minimum atomic E-state index is -0.470. The monoisotopic (exact) mass is 732 g/mol. The first kappa shape index (κ1) is 33.9. The quantitative estimate of drug-likeness (QED) is 0.0851. The van der Waals surface area contributed by atoms with Crippen LogP contribution in [0.25, 0.3) is 45.8 Å². The molecule has 0 spiro atoms. The van der Waals surface area contributed by atoms with Crippen molar-refractivity contribution in [3.8, 4) is 80.3 Å². The third-order valence-corrected chi connectivity index (χ3v) is 8.02. The lowest BCUT2D eigenvalue weighted by Crippen LogP contribution is -1.89. The number of hydrogen-bond donors (Lipinski definition) is 0. The normalized spacial score (nSPS) is 10.8. The van der Waals surface area contributed by atoms with Gasteiger partial charge in [-0.05, 0) is 109 Å². The molecule has 15 nitrogen and oxygen atoms in total. The molecule has 0 saturated carbocycles. The zero-order valence-corrected chi connectivity index (χ0v) is 28.2. The van der Waals surface area contributed by atoms with Gasteiger partial charge in [0, 0.05) is 46.5 Å². The highest BCUT2D eigenvalue weighted by Crippen LogP contribution is 2.33. The van der Waals surface area contributed by atoms with E-state index in [2.05, 4.69) is 20.4 Å². The molecule has 268 valence electrons. The molecule has 0 saturated heterocycles. The van der Waals surface area contributed by atoms with E-state index in [0.717, 1.165) is 0 Å². The maximum Gasteiger partial charge on any atom is 0.269 e. The fourth-order valence-electron chi connectivity index (χ4n) is 5.31. The van der Waals surface area contributed by atoms with Crippen molar-refractivity contribution in [3.05, 3.63) is 166 Å². The predicted molar refractivity (Wildman–Crippen MR) is 197 cm³/mol. The fourth-order valence-corrected chi connectivity index (χ4v) is 5.31. The zero-order chi connectivity index (χ0) is 37.7. The van der Waals surface area contributed by atoms with Gasteiger partial charge in [0.25, 0.3) is 11.4 Å². The van der Waals surface area contributed by atoms with Crippen molar-refractivity contribution in [3.63, 3.8) is 0 Å². The first-order valence-corrected chi connectivity index (χ1v) is 16.4. The molecule has 2 aromatic heterocycles. The molecule has 2 heterocycles. The second-order valence-corrected chi connectivity index (χ2v) is 11.7. The average Bonchev–Trinajstić information content (AvgIpc) is 3.91. The predicted octanol–water partition coefficient (Wildman–Crippen LogP) is 10.3. The number of aromatic nitrogens is 4. The molecule has 0 radical (unpaired) electrons. The molecule has 6 aromatic carbocycles. The number of non-ortho nitro benzene ring substituents is 2. The summed E-state index contributed by atoms with van der Waals surface area (Å²) in [7, 11) is 0. The molecule has 0 aliphatic rings. The molecular formula is C40H24N6O9. The molecule has 55 heavy (non-hydrogen) atoms. The van der Waals surface area contributed by atoms with Gasteiger partial charge in [0.1, 0.15) is 34.5 Å². The second kappa shape index (κ2) is 14.8.